The number of carbonyl (C=O) groups excluding carboxylic acids is 3. The largest absolute Gasteiger partial charge is 0.444 e. The van der Waals surface area contributed by atoms with E-state index in [9.17, 15) is 14.4 Å². The molecule has 0 saturated carbocycles. The first-order valence-electron chi connectivity index (χ1n) is 6.65. The summed E-state index contributed by atoms with van der Waals surface area (Å²) in [4.78, 5) is 35.2. The third kappa shape index (κ3) is 4.68. The van der Waals surface area contributed by atoms with Crippen molar-refractivity contribution in [3.05, 3.63) is 58.0 Å². The highest BCUT2D eigenvalue weighted by molar-refractivity contribution is 9.10. The highest BCUT2D eigenvalue weighted by Crippen LogP contribution is 2.13. The predicted octanol–water partition coefficient (Wildman–Crippen LogP) is 1.54. The van der Waals surface area contributed by atoms with E-state index in [1.54, 1.807) is 31.2 Å². The number of benzene rings is 1. The SMILES string of the molecule is Cc1ccccc1C(=O)NNC(=O)CNC(=O)c1ccc(Br)o1. The van der Waals surface area contributed by atoms with E-state index in [1.807, 2.05) is 6.07 Å². The molecule has 0 fully saturated rings. The van der Waals surface area contributed by atoms with Gasteiger partial charge in [-0.15, -0.1) is 0 Å². The van der Waals surface area contributed by atoms with Crippen LogP contribution in [-0.4, -0.2) is 24.3 Å². The Labute approximate surface area is 140 Å². The fraction of sp³-hybridized carbons (Fsp3) is 0.133. The minimum atomic E-state index is -0.564. The number of hydrogen-bond acceptors (Lipinski definition) is 4. The molecule has 0 aliphatic carbocycles. The molecule has 0 bridgehead atoms. The second kappa shape index (κ2) is 7.59. The van der Waals surface area contributed by atoms with Crippen LogP contribution in [0.1, 0.15) is 26.5 Å². The van der Waals surface area contributed by atoms with E-state index in [2.05, 4.69) is 32.1 Å². The molecule has 0 atom stereocenters. The Morgan fingerprint density at radius 2 is 1.78 bits per heavy atom. The van der Waals surface area contributed by atoms with Crippen molar-refractivity contribution in [2.45, 2.75) is 6.92 Å². The number of carbonyl (C=O) groups is 3. The zero-order chi connectivity index (χ0) is 16.8. The molecule has 0 aliphatic rings. The van der Waals surface area contributed by atoms with E-state index >= 15 is 0 Å². The molecule has 2 rings (SSSR count). The van der Waals surface area contributed by atoms with Crippen LogP contribution in [-0.2, 0) is 4.79 Å². The zero-order valence-electron chi connectivity index (χ0n) is 12.2. The molecule has 23 heavy (non-hydrogen) atoms. The van der Waals surface area contributed by atoms with E-state index < -0.39 is 17.7 Å². The molecule has 7 nitrogen and oxygen atoms in total. The molecule has 0 saturated heterocycles. The van der Waals surface area contributed by atoms with Crippen molar-refractivity contribution in [2.75, 3.05) is 6.54 Å². The first kappa shape index (κ1) is 16.8. The number of amides is 3. The first-order valence-corrected chi connectivity index (χ1v) is 7.45. The number of nitrogens with one attached hydrogen (secondary N) is 3. The van der Waals surface area contributed by atoms with Gasteiger partial charge < -0.3 is 9.73 Å². The van der Waals surface area contributed by atoms with Crippen LogP contribution >= 0.6 is 15.9 Å². The number of halogens is 1. The van der Waals surface area contributed by atoms with E-state index in [-0.39, 0.29) is 12.3 Å². The molecule has 0 spiro atoms. The summed E-state index contributed by atoms with van der Waals surface area (Å²) in [6.07, 6.45) is 0. The summed E-state index contributed by atoms with van der Waals surface area (Å²) >= 11 is 3.08. The Kier molecular flexibility index (Phi) is 5.53. The minimum Gasteiger partial charge on any atom is -0.444 e. The Bertz CT molecular complexity index is 742. The molecular formula is C15H14BrN3O4. The molecule has 8 heteroatoms. The second-order valence-electron chi connectivity index (χ2n) is 4.60. The van der Waals surface area contributed by atoms with Crippen LogP contribution in [0.2, 0.25) is 0 Å². The van der Waals surface area contributed by atoms with Crippen LogP contribution in [0.25, 0.3) is 0 Å². The summed E-state index contributed by atoms with van der Waals surface area (Å²) in [6.45, 7) is 1.49. The van der Waals surface area contributed by atoms with E-state index in [4.69, 9.17) is 4.42 Å². The van der Waals surface area contributed by atoms with Crippen LogP contribution in [0.5, 0.6) is 0 Å². The summed E-state index contributed by atoms with van der Waals surface area (Å²) in [5.74, 6) is -1.45. The zero-order valence-corrected chi connectivity index (χ0v) is 13.8. The lowest BCUT2D eigenvalue weighted by Crippen LogP contribution is -2.46. The minimum absolute atomic E-state index is 0.0774. The second-order valence-corrected chi connectivity index (χ2v) is 5.39. The lowest BCUT2D eigenvalue weighted by atomic mass is 10.1. The number of hydrazine groups is 1. The highest BCUT2D eigenvalue weighted by Gasteiger charge is 2.13. The van der Waals surface area contributed by atoms with E-state index in [1.165, 1.54) is 6.07 Å². The summed E-state index contributed by atoms with van der Waals surface area (Å²) in [6, 6.07) is 10.0. The Morgan fingerprint density at radius 1 is 1.04 bits per heavy atom. The number of rotatable bonds is 4. The Balaban J connectivity index is 1.78. The van der Waals surface area contributed by atoms with Crippen LogP contribution < -0.4 is 16.2 Å². The molecule has 2 aromatic rings. The lowest BCUT2D eigenvalue weighted by Gasteiger charge is -2.09. The van der Waals surface area contributed by atoms with Crippen molar-refractivity contribution < 1.29 is 18.8 Å². The van der Waals surface area contributed by atoms with Gasteiger partial charge in [-0.3, -0.25) is 25.2 Å². The third-order valence-corrected chi connectivity index (χ3v) is 3.34. The number of hydrogen-bond donors (Lipinski definition) is 3. The van der Waals surface area contributed by atoms with Gasteiger partial charge in [0.15, 0.2) is 10.4 Å². The molecule has 3 N–H and O–H groups in total. The molecule has 3 amide bonds. The van der Waals surface area contributed by atoms with Crippen LogP contribution in [0, 0.1) is 6.92 Å². The van der Waals surface area contributed by atoms with Gasteiger partial charge in [-0.2, -0.15) is 0 Å². The predicted molar refractivity (Wildman–Crippen MR) is 85.5 cm³/mol. The summed E-state index contributed by atoms with van der Waals surface area (Å²) in [7, 11) is 0. The molecule has 120 valence electrons. The lowest BCUT2D eigenvalue weighted by molar-refractivity contribution is -0.120. The van der Waals surface area contributed by atoms with Crippen molar-refractivity contribution >= 4 is 33.7 Å². The van der Waals surface area contributed by atoms with Crippen molar-refractivity contribution in [1.29, 1.82) is 0 Å². The van der Waals surface area contributed by atoms with Gasteiger partial charge in [0.2, 0.25) is 0 Å². The fourth-order valence-corrected chi connectivity index (χ4v) is 2.06. The average molecular weight is 380 g/mol. The molecule has 1 heterocycles. The number of furan rings is 1. The fourth-order valence-electron chi connectivity index (χ4n) is 1.75. The topological polar surface area (TPSA) is 100 Å². The van der Waals surface area contributed by atoms with Crippen molar-refractivity contribution in [3.63, 3.8) is 0 Å². The molecule has 0 unspecified atom stereocenters. The molecule has 0 aliphatic heterocycles. The third-order valence-electron chi connectivity index (χ3n) is 2.91. The summed E-state index contributed by atoms with van der Waals surface area (Å²) in [5.41, 5.74) is 5.76. The van der Waals surface area contributed by atoms with Crippen LogP contribution in [0.15, 0.2) is 45.5 Å². The van der Waals surface area contributed by atoms with Crippen LogP contribution in [0.3, 0.4) is 0 Å². The van der Waals surface area contributed by atoms with E-state index in [0.717, 1.165) is 5.56 Å². The summed E-state index contributed by atoms with van der Waals surface area (Å²) < 4.78 is 5.46. The maximum absolute atomic E-state index is 11.9. The molecule has 1 aromatic carbocycles. The van der Waals surface area contributed by atoms with Gasteiger partial charge in [0.25, 0.3) is 17.7 Å². The average Bonchev–Trinajstić information content (AvgIpc) is 2.97. The van der Waals surface area contributed by atoms with Gasteiger partial charge in [-0.1, -0.05) is 18.2 Å². The van der Waals surface area contributed by atoms with Crippen molar-refractivity contribution in [1.82, 2.24) is 16.2 Å². The molecule has 0 radical (unpaired) electrons. The maximum Gasteiger partial charge on any atom is 0.287 e. The molecule has 1 aromatic heterocycles. The summed E-state index contributed by atoms with van der Waals surface area (Å²) in [5, 5.41) is 2.37. The monoisotopic (exact) mass is 379 g/mol. The van der Waals surface area contributed by atoms with Gasteiger partial charge >= 0.3 is 0 Å². The van der Waals surface area contributed by atoms with Gasteiger partial charge in [-0.05, 0) is 46.6 Å². The Hall–Kier alpha value is -2.61. The van der Waals surface area contributed by atoms with Gasteiger partial charge in [0.05, 0.1) is 6.54 Å². The highest BCUT2D eigenvalue weighted by atomic mass is 79.9. The standard InChI is InChI=1S/C15H14BrN3O4/c1-9-4-2-3-5-10(9)14(21)19-18-13(20)8-17-15(22)11-6-7-12(16)23-11/h2-7H,8H2,1H3,(H,17,22)(H,18,20)(H,19,21). The van der Waals surface area contributed by atoms with Gasteiger partial charge in [-0.25, -0.2) is 0 Å². The van der Waals surface area contributed by atoms with Crippen molar-refractivity contribution in [2.24, 2.45) is 0 Å². The first-order chi connectivity index (χ1) is 11.0. The quantitative estimate of drug-likeness (QED) is 0.701. The maximum atomic E-state index is 11.9. The van der Waals surface area contributed by atoms with E-state index in [0.29, 0.717) is 10.2 Å². The van der Waals surface area contributed by atoms with Crippen molar-refractivity contribution in [3.8, 4) is 0 Å². The number of aryl methyl sites for hydroxylation is 1. The molecular weight excluding hydrogens is 366 g/mol. The normalized spacial score (nSPS) is 10.0. The Morgan fingerprint density at radius 3 is 2.43 bits per heavy atom. The van der Waals surface area contributed by atoms with Gasteiger partial charge in [0.1, 0.15) is 0 Å². The van der Waals surface area contributed by atoms with Gasteiger partial charge in [0, 0.05) is 5.56 Å². The van der Waals surface area contributed by atoms with Crippen LogP contribution in [0.4, 0.5) is 0 Å². The smallest absolute Gasteiger partial charge is 0.287 e.